The summed E-state index contributed by atoms with van der Waals surface area (Å²) in [6.07, 6.45) is 1.62. The number of halogens is 1. The second-order valence-corrected chi connectivity index (χ2v) is 6.04. The molecule has 1 amide bonds. The lowest BCUT2D eigenvalue weighted by molar-refractivity contribution is 0.0981. The molecule has 140 valence electrons. The Kier molecular flexibility index (Phi) is 4.73. The van der Waals surface area contributed by atoms with Gasteiger partial charge in [-0.05, 0) is 36.4 Å². The van der Waals surface area contributed by atoms with Gasteiger partial charge in [0.1, 0.15) is 5.75 Å². The molecule has 0 saturated heterocycles. The van der Waals surface area contributed by atoms with E-state index in [-0.39, 0.29) is 11.7 Å². The summed E-state index contributed by atoms with van der Waals surface area (Å²) in [5.41, 5.74) is 1.61. The van der Waals surface area contributed by atoms with Crippen LogP contribution >= 0.6 is 11.6 Å². The second-order valence-electron chi connectivity index (χ2n) is 5.60. The maximum atomic E-state index is 12.4. The number of nitrogens with zero attached hydrogens (tertiary/aromatic N) is 5. The minimum atomic E-state index is -0.562. The van der Waals surface area contributed by atoms with Crippen LogP contribution in [0.1, 0.15) is 10.7 Å². The Morgan fingerprint density at radius 1 is 1.18 bits per heavy atom. The van der Waals surface area contributed by atoms with Gasteiger partial charge >= 0.3 is 11.8 Å². The van der Waals surface area contributed by atoms with Crippen molar-refractivity contribution >= 4 is 23.2 Å². The number of para-hydroxylation sites is 2. The molecule has 2 aromatic carbocycles. The van der Waals surface area contributed by atoms with Gasteiger partial charge < -0.3 is 14.6 Å². The van der Waals surface area contributed by atoms with Gasteiger partial charge in [-0.15, -0.1) is 5.10 Å². The number of ether oxygens (including phenoxy) is 1. The van der Waals surface area contributed by atoms with E-state index in [0.717, 1.165) is 5.69 Å². The molecule has 2 aromatic heterocycles. The van der Waals surface area contributed by atoms with Gasteiger partial charge in [-0.2, -0.15) is 4.98 Å². The van der Waals surface area contributed by atoms with Crippen LogP contribution in [0.25, 0.3) is 17.2 Å². The maximum Gasteiger partial charge on any atom is 0.316 e. The highest BCUT2D eigenvalue weighted by molar-refractivity contribution is 6.30. The zero-order chi connectivity index (χ0) is 19.5. The van der Waals surface area contributed by atoms with Gasteiger partial charge in [0.2, 0.25) is 5.82 Å². The molecule has 10 heteroatoms. The third-order valence-electron chi connectivity index (χ3n) is 3.79. The number of benzene rings is 2. The number of carbonyl (C=O) groups is 1. The van der Waals surface area contributed by atoms with Crippen LogP contribution in [0, 0.1) is 0 Å². The van der Waals surface area contributed by atoms with E-state index in [1.165, 1.54) is 11.8 Å². The topological polar surface area (TPSA) is 108 Å². The van der Waals surface area contributed by atoms with E-state index in [1.807, 2.05) is 0 Å². The first kappa shape index (κ1) is 17.7. The first-order valence-electron chi connectivity index (χ1n) is 8.11. The highest BCUT2D eigenvalue weighted by Crippen LogP contribution is 2.24. The minimum absolute atomic E-state index is 0.144. The third-order valence-corrected chi connectivity index (χ3v) is 4.04. The number of aromatic nitrogens is 5. The van der Waals surface area contributed by atoms with Gasteiger partial charge in [0.15, 0.2) is 5.69 Å². The number of methoxy groups -OCH3 is 1. The van der Waals surface area contributed by atoms with Crippen LogP contribution in [-0.2, 0) is 0 Å². The number of amides is 1. The van der Waals surface area contributed by atoms with Crippen molar-refractivity contribution in [1.82, 2.24) is 25.1 Å². The summed E-state index contributed by atoms with van der Waals surface area (Å²) in [5.74, 6) is -0.109. The van der Waals surface area contributed by atoms with Gasteiger partial charge in [-0.3, -0.25) is 4.79 Å². The number of hydrogen-bond acceptors (Lipinski definition) is 7. The van der Waals surface area contributed by atoms with Crippen molar-refractivity contribution in [2.75, 3.05) is 12.4 Å². The molecule has 0 aliphatic heterocycles. The summed E-state index contributed by atoms with van der Waals surface area (Å²) < 4.78 is 11.8. The molecule has 0 saturated carbocycles. The minimum Gasteiger partial charge on any atom is -0.495 e. The van der Waals surface area contributed by atoms with E-state index in [1.54, 1.807) is 54.7 Å². The van der Waals surface area contributed by atoms with Crippen molar-refractivity contribution in [2.24, 2.45) is 0 Å². The van der Waals surface area contributed by atoms with E-state index in [2.05, 4.69) is 25.8 Å². The number of hydrogen-bond donors (Lipinski definition) is 1. The van der Waals surface area contributed by atoms with Crippen molar-refractivity contribution in [3.05, 3.63) is 65.6 Å². The lowest BCUT2D eigenvalue weighted by atomic mass is 10.3. The molecule has 0 spiro atoms. The molecule has 9 nitrogen and oxygen atoms in total. The average Bonchev–Trinajstić information content (AvgIpc) is 3.39. The highest BCUT2D eigenvalue weighted by atomic mass is 35.5. The van der Waals surface area contributed by atoms with E-state index >= 15 is 0 Å². The van der Waals surface area contributed by atoms with Crippen molar-refractivity contribution in [2.45, 2.75) is 0 Å². The molecular formula is C18H13ClN6O3. The van der Waals surface area contributed by atoms with Crippen molar-refractivity contribution < 1.29 is 14.1 Å². The summed E-state index contributed by atoms with van der Waals surface area (Å²) in [5, 5.41) is 15.1. The first-order chi connectivity index (χ1) is 13.6. The first-order valence-corrected chi connectivity index (χ1v) is 8.48. The predicted molar refractivity (Wildman–Crippen MR) is 101 cm³/mol. The van der Waals surface area contributed by atoms with Gasteiger partial charge in [0.25, 0.3) is 0 Å². The monoisotopic (exact) mass is 396 g/mol. The zero-order valence-corrected chi connectivity index (χ0v) is 15.3. The maximum absolute atomic E-state index is 12.4. The van der Waals surface area contributed by atoms with Gasteiger partial charge in [0.05, 0.1) is 24.7 Å². The summed E-state index contributed by atoms with van der Waals surface area (Å²) in [7, 11) is 1.51. The van der Waals surface area contributed by atoms with Gasteiger partial charge in [-0.25, -0.2) is 4.68 Å². The van der Waals surface area contributed by atoms with Gasteiger partial charge in [0, 0.05) is 5.02 Å². The molecular weight excluding hydrogens is 384 g/mol. The molecule has 1 N–H and O–H groups in total. The van der Waals surface area contributed by atoms with Crippen LogP contribution in [0.3, 0.4) is 0 Å². The Labute approximate surface area is 163 Å². The molecule has 0 aliphatic carbocycles. The van der Waals surface area contributed by atoms with Crippen LogP contribution in [0.15, 0.2) is 59.3 Å². The third kappa shape index (κ3) is 3.55. The van der Waals surface area contributed by atoms with Crippen LogP contribution < -0.4 is 10.1 Å². The van der Waals surface area contributed by atoms with Crippen molar-refractivity contribution in [1.29, 1.82) is 0 Å². The summed E-state index contributed by atoms with van der Waals surface area (Å²) >= 11 is 5.89. The van der Waals surface area contributed by atoms with Crippen LogP contribution in [-0.4, -0.2) is 38.2 Å². The summed E-state index contributed by atoms with van der Waals surface area (Å²) in [4.78, 5) is 16.5. The van der Waals surface area contributed by atoms with Crippen LogP contribution in [0.4, 0.5) is 5.69 Å². The molecule has 4 aromatic rings. The molecule has 0 unspecified atom stereocenters. The Bertz CT molecular complexity index is 1120. The normalized spacial score (nSPS) is 10.6. The predicted octanol–water partition coefficient (Wildman–Crippen LogP) is 3.23. The number of carbonyl (C=O) groups excluding carboxylic acids is 1. The molecule has 0 aliphatic rings. The molecule has 4 rings (SSSR count). The number of nitrogens with one attached hydrogen (secondary N) is 1. The quantitative estimate of drug-likeness (QED) is 0.551. The van der Waals surface area contributed by atoms with Crippen molar-refractivity contribution in [3.8, 4) is 23.0 Å². The van der Waals surface area contributed by atoms with Crippen LogP contribution in [0.5, 0.6) is 5.75 Å². The van der Waals surface area contributed by atoms with Gasteiger partial charge in [-0.1, -0.05) is 34.1 Å². The lowest BCUT2D eigenvalue weighted by Gasteiger charge is -2.07. The Balaban J connectivity index is 1.53. The van der Waals surface area contributed by atoms with E-state index in [0.29, 0.717) is 22.2 Å². The number of rotatable bonds is 5. The molecule has 0 bridgehead atoms. The van der Waals surface area contributed by atoms with Crippen molar-refractivity contribution in [3.63, 3.8) is 0 Å². The average molecular weight is 397 g/mol. The zero-order valence-electron chi connectivity index (χ0n) is 14.5. The number of anilines is 1. The molecule has 0 fully saturated rings. The smallest absolute Gasteiger partial charge is 0.316 e. The fourth-order valence-electron chi connectivity index (χ4n) is 2.43. The van der Waals surface area contributed by atoms with Crippen LogP contribution in [0.2, 0.25) is 5.02 Å². The fraction of sp³-hybridized carbons (Fsp3) is 0.0556. The summed E-state index contributed by atoms with van der Waals surface area (Å²) in [6, 6.07) is 14.1. The lowest BCUT2D eigenvalue weighted by Crippen LogP contribution is -2.13. The second kappa shape index (κ2) is 7.49. The Morgan fingerprint density at radius 2 is 1.96 bits per heavy atom. The molecule has 0 atom stereocenters. The SMILES string of the molecule is COc1ccccc1NC(=O)c1nc(-c2cn(-c3ccc(Cl)cc3)nn2)no1. The van der Waals surface area contributed by atoms with E-state index < -0.39 is 5.91 Å². The largest absolute Gasteiger partial charge is 0.495 e. The molecule has 2 heterocycles. The molecule has 0 radical (unpaired) electrons. The molecule has 28 heavy (non-hydrogen) atoms. The standard InChI is InChI=1S/C18H13ClN6O3/c1-27-15-5-3-2-4-13(15)20-17(26)18-21-16(23-28-18)14-10-25(24-22-14)12-8-6-11(19)7-9-12/h2-10H,1H3,(H,20,26). The highest BCUT2D eigenvalue weighted by Gasteiger charge is 2.19. The Hall–Kier alpha value is -3.72. The summed E-state index contributed by atoms with van der Waals surface area (Å²) in [6.45, 7) is 0. The van der Waals surface area contributed by atoms with E-state index in [4.69, 9.17) is 20.9 Å². The fourth-order valence-corrected chi connectivity index (χ4v) is 2.56. The van der Waals surface area contributed by atoms with E-state index in [9.17, 15) is 4.79 Å². The Morgan fingerprint density at radius 3 is 2.75 bits per heavy atom.